The largest absolute Gasteiger partial charge is 0.496 e. The van der Waals surface area contributed by atoms with Gasteiger partial charge in [-0.1, -0.05) is 18.2 Å². The van der Waals surface area contributed by atoms with Gasteiger partial charge in [0.2, 0.25) is 0 Å². The van der Waals surface area contributed by atoms with Gasteiger partial charge in [0, 0.05) is 37.5 Å². The number of anilines is 2. The minimum atomic E-state index is -0.145. The molecule has 0 aromatic heterocycles. The molecule has 0 unspecified atom stereocenters. The molecular formula is C22H25N3O2S. The van der Waals surface area contributed by atoms with Gasteiger partial charge in [-0.05, 0) is 56.4 Å². The highest BCUT2D eigenvalue weighted by Gasteiger charge is 2.36. The number of hydrogen-bond donors (Lipinski definition) is 0. The number of benzene rings is 2. The van der Waals surface area contributed by atoms with Crippen LogP contribution in [-0.4, -0.2) is 43.2 Å². The topological polar surface area (TPSA) is 36.0 Å². The third-order valence-electron chi connectivity index (χ3n) is 4.91. The third kappa shape index (κ3) is 3.60. The Bertz CT molecular complexity index is 907. The molecule has 146 valence electrons. The Hall–Kier alpha value is -2.86. The number of carbonyl (C=O) groups excluding carboxylic acids is 1. The molecule has 2 aromatic carbocycles. The van der Waals surface area contributed by atoms with Crippen LogP contribution in [0.25, 0.3) is 6.08 Å². The zero-order valence-corrected chi connectivity index (χ0v) is 17.5. The molecule has 1 aliphatic heterocycles. The molecule has 0 bridgehead atoms. The molecule has 6 heteroatoms. The normalized spacial score (nSPS) is 15.5. The summed E-state index contributed by atoms with van der Waals surface area (Å²) < 4.78 is 5.60. The Morgan fingerprint density at radius 1 is 1.11 bits per heavy atom. The molecule has 3 rings (SSSR count). The molecule has 0 saturated carbocycles. The SMILES string of the molecule is CCN(CC)c1ccc(/C=C2\C(=O)N(c3ccccc3)C(=S)N2C)c(OC)c1. The number of para-hydroxylation sites is 1. The number of likely N-dealkylation sites (N-methyl/N-ethyl adjacent to an activating group) is 1. The van der Waals surface area contributed by atoms with Crippen LogP contribution < -0.4 is 14.5 Å². The third-order valence-corrected chi connectivity index (χ3v) is 5.37. The fourth-order valence-electron chi connectivity index (χ4n) is 3.31. The molecular weight excluding hydrogens is 370 g/mol. The van der Waals surface area contributed by atoms with E-state index in [0.717, 1.165) is 35.8 Å². The van der Waals surface area contributed by atoms with E-state index in [9.17, 15) is 4.79 Å². The van der Waals surface area contributed by atoms with Crippen molar-refractivity contribution in [3.63, 3.8) is 0 Å². The molecule has 0 spiro atoms. The molecule has 1 heterocycles. The molecule has 1 fully saturated rings. The number of hydrogen-bond acceptors (Lipinski definition) is 4. The van der Waals surface area contributed by atoms with Crippen LogP contribution in [0.4, 0.5) is 11.4 Å². The molecule has 1 amide bonds. The number of ether oxygens (including phenoxy) is 1. The van der Waals surface area contributed by atoms with E-state index in [-0.39, 0.29) is 5.91 Å². The number of methoxy groups -OCH3 is 1. The summed E-state index contributed by atoms with van der Waals surface area (Å²) in [4.78, 5) is 18.6. The van der Waals surface area contributed by atoms with Gasteiger partial charge in [0.25, 0.3) is 5.91 Å². The summed E-state index contributed by atoms with van der Waals surface area (Å²) in [5.74, 6) is 0.579. The van der Waals surface area contributed by atoms with Crippen molar-refractivity contribution >= 4 is 40.7 Å². The van der Waals surface area contributed by atoms with Crippen molar-refractivity contribution < 1.29 is 9.53 Å². The highest BCUT2D eigenvalue weighted by atomic mass is 32.1. The zero-order valence-electron chi connectivity index (χ0n) is 16.7. The van der Waals surface area contributed by atoms with E-state index in [2.05, 4.69) is 24.8 Å². The quantitative estimate of drug-likeness (QED) is 0.543. The number of nitrogens with zero attached hydrogens (tertiary/aromatic N) is 3. The molecule has 0 N–H and O–H groups in total. The summed E-state index contributed by atoms with van der Waals surface area (Å²) in [5.41, 5.74) is 3.21. The highest BCUT2D eigenvalue weighted by Crippen LogP contribution is 2.31. The highest BCUT2D eigenvalue weighted by molar-refractivity contribution is 7.80. The van der Waals surface area contributed by atoms with Gasteiger partial charge >= 0.3 is 0 Å². The summed E-state index contributed by atoms with van der Waals surface area (Å²) in [6.45, 7) is 6.08. The monoisotopic (exact) mass is 395 g/mol. The minimum absolute atomic E-state index is 0.145. The zero-order chi connectivity index (χ0) is 20.3. The molecule has 5 nitrogen and oxygen atoms in total. The Kier molecular flexibility index (Phi) is 5.99. The lowest BCUT2D eigenvalue weighted by Gasteiger charge is -2.22. The van der Waals surface area contributed by atoms with Crippen molar-refractivity contribution in [2.75, 3.05) is 37.0 Å². The van der Waals surface area contributed by atoms with Crippen LogP contribution in [0.3, 0.4) is 0 Å². The summed E-state index contributed by atoms with van der Waals surface area (Å²) >= 11 is 5.52. The van der Waals surface area contributed by atoms with Crippen LogP contribution in [0.2, 0.25) is 0 Å². The van der Waals surface area contributed by atoms with Gasteiger partial charge in [0.1, 0.15) is 11.4 Å². The van der Waals surface area contributed by atoms with E-state index in [1.165, 1.54) is 0 Å². The van der Waals surface area contributed by atoms with Crippen LogP contribution in [0.5, 0.6) is 5.75 Å². The van der Waals surface area contributed by atoms with Crippen molar-refractivity contribution in [1.29, 1.82) is 0 Å². The Balaban J connectivity index is 1.99. The predicted molar refractivity (Wildman–Crippen MR) is 119 cm³/mol. The molecule has 2 aromatic rings. The maximum Gasteiger partial charge on any atom is 0.281 e. The summed E-state index contributed by atoms with van der Waals surface area (Å²) in [7, 11) is 3.45. The summed E-state index contributed by atoms with van der Waals surface area (Å²) in [6.07, 6.45) is 1.84. The first-order valence-corrected chi connectivity index (χ1v) is 9.74. The summed E-state index contributed by atoms with van der Waals surface area (Å²) in [5, 5.41) is 0.459. The van der Waals surface area contributed by atoms with E-state index >= 15 is 0 Å². The van der Waals surface area contributed by atoms with Gasteiger partial charge in [-0.15, -0.1) is 0 Å². The standard InChI is InChI=1S/C22H25N3O2S/c1-5-24(6-2)18-13-12-16(20(15-18)27-4)14-19-21(26)25(22(28)23(19)3)17-10-8-7-9-11-17/h7-15H,5-6H2,1-4H3/b19-14+. The maximum atomic E-state index is 13.1. The van der Waals surface area contributed by atoms with Crippen molar-refractivity contribution in [2.24, 2.45) is 0 Å². The first-order chi connectivity index (χ1) is 13.5. The van der Waals surface area contributed by atoms with E-state index < -0.39 is 0 Å². The van der Waals surface area contributed by atoms with Crippen LogP contribution in [0, 0.1) is 0 Å². The van der Waals surface area contributed by atoms with Gasteiger partial charge in [0.15, 0.2) is 5.11 Å². The molecule has 1 aliphatic rings. The number of thiocarbonyl (C=S) groups is 1. The molecule has 0 atom stereocenters. The van der Waals surface area contributed by atoms with Gasteiger partial charge < -0.3 is 14.5 Å². The van der Waals surface area contributed by atoms with Crippen molar-refractivity contribution in [2.45, 2.75) is 13.8 Å². The molecule has 1 saturated heterocycles. The maximum absolute atomic E-state index is 13.1. The average Bonchev–Trinajstić information content (AvgIpc) is 2.93. The lowest BCUT2D eigenvalue weighted by molar-refractivity contribution is -0.114. The van der Waals surface area contributed by atoms with Crippen molar-refractivity contribution in [3.8, 4) is 5.75 Å². The van der Waals surface area contributed by atoms with E-state index in [4.69, 9.17) is 17.0 Å². The van der Waals surface area contributed by atoms with E-state index in [1.54, 1.807) is 16.9 Å². The Labute approximate surface area is 171 Å². The fraction of sp³-hybridized carbons (Fsp3) is 0.273. The van der Waals surface area contributed by atoms with Crippen molar-refractivity contribution in [3.05, 3.63) is 59.8 Å². The first-order valence-electron chi connectivity index (χ1n) is 9.33. The number of rotatable bonds is 6. The van der Waals surface area contributed by atoms with E-state index in [0.29, 0.717) is 10.8 Å². The average molecular weight is 396 g/mol. The van der Waals surface area contributed by atoms with Crippen LogP contribution >= 0.6 is 12.2 Å². The van der Waals surface area contributed by atoms with Crippen LogP contribution in [0.1, 0.15) is 19.4 Å². The van der Waals surface area contributed by atoms with Gasteiger partial charge in [-0.3, -0.25) is 9.69 Å². The Morgan fingerprint density at radius 3 is 2.39 bits per heavy atom. The second-order valence-corrected chi connectivity index (χ2v) is 6.81. The lowest BCUT2D eigenvalue weighted by atomic mass is 10.1. The minimum Gasteiger partial charge on any atom is -0.496 e. The first kappa shape index (κ1) is 19.9. The second-order valence-electron chi connectivity index (χ2n) is 6.45. The molecule has 0 radical (unpaired) electrons. The van der Waals surface area contributed by atoms with Gasteiger partial charge in [-0.25, -0.2) is 0 Å². The second kappa shape index (κ2) is 8.44. The smallest absolute Gasteiger partial charge is 0.281 e. The summed E-state index contributed by atoms with van der Waals surface area (Å²) in [6, 6.07) is 15.5. The Morgan fingerprint density at radius 2 is 1.79 bits per heavy atom. The predicted octanol–water partition coefficient (Wildman–Crippen LogP) is 4.15. The van der Waals surface area contributed by atoms with Gasteiger partial charge in [-0.2, -0.15) is 0 Å². The number of carbonyl (C=O) groups is 1. The van der Waals surface area contributed by atoms with E-state index in [1.807, 2.05) is 55.6 Å². The van der Waals surface area contributed by atoms with Crippen LogP contribution in [-0.2, 0) is 4.79 Å². The lowest BCUT2D eigenvalue weighted by Crippen LogP contribution is -2.30. The fourth-order valence-corrected chi connectivity index (χ4v) is 3.60. The van der Waals surface area contributed by atoms with Crippen molar-refractivity contribution in [1.82, 2.24) is 4.90 Å². The van der Waals surface area contributed by atoms with Gasteiger partial charge in [0.05, 0.1) is 12.8 Å². The molecule has 28 heavy (non-hydrogen) atoms. The molecule has 0 aliphatic carbocycles. The van der Waals surface area contributed by atoms with Crippen LogP contribution in [0.15, 0.2) is 54.2 Å². The number of amides is 1.